The van der Waals surface area contributed by atoms with Gasteiger partial charge in [0.15, 0.2) is 5.78 Å². The molecule has 0 spiro atoms. The molecule has 6 nitrogen and oxygen atoms in total. The Morgan fingerprint density at radius 3 is 1.97 bits per heavy atom. The maximum absolute atomic E-state index is 12.4. The Bertz CT molecular complexity index is 941. The third-order valence-electron chi connectivity index (χ3n) is 5.11. The van der Waals surface area contributed by atoms with Gasteiger partial charge in [-0.05, 0) is 81.6 Å². The molecule has 1 heterocycles. The van der Waals surface area contributed by atoms with Crippen LogP contribution < -0.4 is 15.5 Å². The van der Waals surface area contributed by atoms with E-state index in [1.54, 1.807) is 31.2 Å². The highest BCUT2D eigenvalue weighted by Gasteiger charge is 2.12. The molecule has 156 valence electrons. The van der Waals surface area contributed by atoms with Crippen molar-refractivity contribution >= 4 is 34.7 Å². The van der Waals surface area contributed by atoms with Crippen LogP contribution in [-0.2, 0) is 9.59 Å². The van der Waals surface area contributed by atoms with Crippen LogP contribution in [0.2, 0.25) is 0 Å². The number of benzene rings is 2. The molecule has 30 heavy (non-hydrogen) atoms. The summed E-state index contributed by atoms with van der Waals surface area (Å²) in [6.07, 6.45) is 4.97. The summed E-state index contributed by atoms with van der Waals surface area (Å²) in [5.74, 6) is -0.772. The summed E-state index contributed by atoms with van der Waals surface area (Å²) in [6, 6.07) is 14.4. The van der Waals surface area contributed by atoms with Crippen molar-refractivity contribution in [3.63, 3.8) is 0 Å². The van der Waals surface area contributed by atoms with Gasteiger partial charge < -0.3 is 15.5 Å². The lowest BCUT2D eigenvalue weighted by molar-refractivity contribution is -0.114. The molecule has 3 rings (SSSR count). The minimum absolute atomic E-state index is 0.0377. The van der Waals surface area contributed by atoms with Crippen LogP contribution in [0, 0.1) is 0 Å². The van der Waals surface area contributed by atoms with Gasteiger partial charge in [0.2, 0.25) is 5.91 Å². The monoisotopic (exact) mass is 405 g/mol. The molecule has 2 N–H and O–H groups in total. The van der Waals surface area contributed by atoms with Crippen LogP contribution >= 0.6 is 0 Å². The fourth-order valence-corrected chi connectivity index (χ4v) is 3.37. The van der Waals surface area contributed by atoms with E-state index in [-0.39, 0.29) is 11.7 Å². The first-order chi connectivity index (χ1) is 14.4. The number of nitrogens with one attached hydrogen (secondary N) is 2. The summed E-state index contributed by atoms with van der Waals surface area (Å²) in [7, 11) is 0. The Morgan fingerprint density at radius 2 is 1.37 bits per heavy atom. The van der Waals surface area contributed by atoms with Crippen LogP contribution in [-0.4, -0.2) is 30.7 Å². The number of carbonyl (C=O) groups excluding carboxylic acids is 3. The van der Waals surface area contributed by atoms with Crippen molar-refractivity contribution in [1.29, 1.82) is 0 Å². The SMILES string of the molecule is CC(=O)c1ccc(NC(=O)/C=C(\C)C(=O)Nc2ccc(N3CCCCC3)cc2)cc1. The molecule has 2 amide bonds. The molecule has 1 fully saturated rings. The Morgan fingerprint density at radius 1 is 0.800 bits per heavy atom. The molecule has 1 saturated heterocycles. The lowest BCUT2D eigenvalue weighted by Gasteiger charge is -2.28. The zero-order valence-electron chi connectivity index (χ0n) is 17.4. The summed E-state index contributed by atoms with van der Waals surface area (Å²) in [4.78, 5) is 38.2. The van der Waals surface area contributed by atoms with E-state index in [1.807, 2.05) is 24.3 Å². The molecule has 1 aliphatic heterocycles. The van der Waals surface area contributed by atoms with E-state index in [1.165, 1.54) is 32.3 Å². The predicted molar refractivity (Wildman–Crippen MR) is 120 cm³/mol. The van der Waals surface area contributed by atoms with Gasteiger partial charge >= 0.3 is 0 Å². The van der Waals surface area contributed by atoms with E-state index >= 15 is 0 Å². The van der Waals surface area contributed by atoms with Crippen molar-refractivity contribution in [3.05, 3.63) is 65.7 Å². The lowest BCUT2D eigenvalue weighted by atomic mass is 10.1. The van der Waals surface area contributed by atoms with Crippen molar-refractivity contribution in [3.8, 4) is 0 Å². The first kappa shape index (κ1) is 21.3. The van der Waals surface area contributed by atoms with E-state index in [0.717, 1.165) is 18.8 Å². The summed E-state index contributed by atoms with van der Waals surface area (Å²) in [5.41, 5.74) is 3.28. The highest BCUT2D eigenvalue weighted by Crippen LogP contribution is 2.22. The Balaban J connectivity index is 1.55. The second-order valence-electron chi connectivity index (χ2n) is 7.50. The second-order valence-corrected chi connectivity index (χ2v) is 7.50. The molecular formula is C24H27N3O3. The Labute approximate surface area is 177 Å². The van der Waals surface area contributed by atoms with Gasteiger partial charge in [0.1, 0.15) is 0 Å². The summed E-state index contributed by atoms with van der Waals surface area (Å²) >= 11 is 0. The normalized spacial score (nSPS) is 14.2. The molecular weight excluding hydrogens is 378 g/mol. The molecule has 0 saturated carbocycles. The van der Waals surface area contributed by atoms with Crippen molar-refractivity contribution < 1.29 is 14.4 Å². The molecule has 0 atom stereocenters. The van der Waals surface area contributed by atoms with Crippen LogP contribution in [0.1, 0.15) is 43.5 Å². The largest absolute Gasteiger partial charge is 0.372 e. The molecule has 0 radical (unpaired) electrons. The van der Waals surface area contributed by atoms with Crippen LogP contribution in [0.15, 0.2) is 60.2 Å². The predicted octanol–water partition coefficient (Wildman–Crippen LogP) is 4.40. The smallest absolute Gasteiger partial charge is 0.251 e. The van der Waals surface area contributed by atoms with Gasteiger partial charge in [-0.25, -0.2) is 0 Å². The number of nitrogens with zero attached hydrogens (tertiary/aromatic N) is 1. The molecule has 6 heteroatoms. The average Bonchev–Trinajstić information content (AvgIpc) is 2.75. The number of Topliss-reactive ketones (excluding diaryl/α,β-unsaturated/α-hetero) is 1. The second kappa shape index (κ2) is 9.87. The molecule has 0 aromatic heterocycles. The Hall–Kier alpha value is -3.41. The summed E-state index contributed by atoms with van der Waals surface area (Å²) in [6.45, 7) is 5.22. The number of hydrogen-bond acceptors (Lipinski definition) is 4. The van der Waals surface area contributed by atoms with Gasteiger partial charge in [-0.15, -0.1) is 0 Å². The van der Waals surface area contributed by atoms with Gasteiger partial charge in [-0.3, -0.25) is 14.4 Å². The number of amides is 2. The summed E-state index contributed by atoms with van der Waals surface area (Å²) < 4.78 is 0. The molecule has 1 aliphatic rings. The first-order valence-corrected chi connectivity index (χ1v) is 10.2. The van der Waals surface area contributed by atoms with Crippen molar-refractivity contribution in [2.75, 3.05) is 28.6 Å². The number of rotatable bonds is 6. The molecule has 2 aromatic rings. The van der Waals surface area contributed by atoms with Gasteiger partial charge in [0.05, 0.1) is 0 Å². The minimum atomic E-state index is -0.404. The minimum Gasteiger partial charge on any atom is -0.372 e. The maximum Gasteiger partial charge on any atom is 0.251 e. The fraction of sp³-hybridized carbons (Fsp3) is 0.292. The lowest BCUT2D eigenvalue weighted by Crippen LogP contribution is -2.29. The van der Waals surface area contributed by atoms with E-state index in [4.69, 9.17) is 0 Å². The van der Waals surface area contributed by atoms with Crippen LogP contribution in [0.3, 0.4) is 0 Å². The van der Waals surface area contributed by atoms with Crippen LogP contribution in [0.25, 0.3) is 0 Å². The van der Waals surface area contributed by atoms with Crippen LogP contribution in [0.5, 0.6) is 0 Å². The molecule has 0 unspecified atom stereocenters. The molecule has 0 bridgehead atoms. The van der Waals surface area contributed by atoms with Crippen molar-refractivity contribution in [1.82, 2.24) is 0 Å². The Kier molecular flexibility index (Phi) is 7.01. The molecule has 2 aromatic carbocycles. The van der Waals surface area contributed by atoms with Gasteiger partial charge in [0.25, 0.3) is 5.91 Å². The number of piperidine rings is 1. The first-order valence-electron chi connectivity index (χ1n) is 10.2. The number of anilines is 3. The van der Waals surface area contributed by atoms with Crippen LogP contribution in [0.4, 0.5) is 17.1 Å². The quantitative estimate of drug-likeness (QED) is 0.551. The number of ketones is 1. The van der Waals surface area contributed by atoms with Gasteiger partial charge in [-0.1, -0.05) is 0 Å². The highest BCUT2D eigenvalue weighted by molar-refractivity contribution is 6.10. The highest BCUT2D eigenvalue weighted by atomic mass is 16.2. The van der Waals surface area contributed by atoms with Gasteiger partial charge in [-0.2, -0.15) is 0 Å². The van der Waals surface area contributed by atoms with E-state index in [2.05, 4.69) is 15.5 Å². The zero-order valence-corrected chi connectivity index (χ0v) is 17.4. The maximum atomic E-state index is 12.4. The van der Waals surface area contributed by atoms with Crippen molar-refractivity contribution in [2.24, 2.45) is 0 Å². The topological polar surface area (TPSA) is 78.5 Å². The van der Waals surface area contributed by atoms with Crippen molar-refractivity contribution in [2.45, 2.75) is 33.1 Å². The summed E-state index contributed by atoms with van der Waals surface area (Å²) in [5, 5.41) is 5.51. The number of hydrogen-bond donors (Lipinski definition) is 2. The third-order valence-corrected chi connectivity index (χ3v) is 5.11. The van der Waals surface area contributed by atoms with Gasteiger partial charge in [0, 0.05) is 47.4 Å². The third kappa shape index (κ3) is 5.80. The fourth-order valence-electron chi connectivity index (χ4n) is 3.37. The van der Waals surface area contributed by atoms with E-state index in [9.17, 15) is 14.4 Å². The zero-order chi connectivity index (χ0) is 21.5. The number of carbonyl (C=O) groups is 3. The molecule has 0 aliphatic carbocycles. The standard InChI is InChI=1S/C24H27N3O3/c1-17(16-23(29)25-20-8-6-19(7-9-20)18(2)28)24(30)26-21-10-12-22(13-11-21)27-14-4-3-5-15-27/h6-13,16H,3-5,14-15H2,1-2H3,(H,25,29)(H,26,30)/b17-16+. The van der Waals surface area contributed by atoms with E-state index in [0.29, 0.717) is 22.5 Å². The van der Waals surface area contributed by atoms with E-state index < -0.39 is 5.91 Å². The average molecular weight is 405 g/mol.